The molecule has 2 rings (SSSR count). The Hall–Kier alpha value is -2.75. The van der Waals surface area contributed by atoms with Crippen molar-refractivity contribution >= 4 is 17.2 Å². The van der Waals surface area contributed by atoms with E-state index in [-0.39, 0.29) is 5.84 Å². The average Bonchev–Trinajstić information content (AvgIpc) is 2.42. The number of hydrogen-bond donors (Lipinski definition) is 5. The summed E-state index contributed by atoms with van der Waals surface area (Å²) in [6.07, 6.45) is 3.64. The molecular weight excluding hydrogens is 252 g/mol. The first-order chi connectivity index (χ1) is 9.51. The van der Waals surface area contributed by atoms with Crippen LogP contribution < -0.4 is 16.5 Å². The minimum Gasteiger partial charge on any atom is -0.398 e. The van der Waals surface area contributed by atoms with Gasteiger partial charge in [-0.05, 0) is 48.4 Å². The first-order valence-corrected chi connectivity index (χ1v) is 6.01. The zero-order valence-electron chi connectivity index (χ0n) is 11.1. The Bertz CT molecular complexity index is 679. The van der Waals surface area contributed by atoms with Gasteiger partial charge >= 0.3 is 0 Å². The molecule has 0 radical (unpaired) electrons. The molecule has 20 heavy (non-hydrogen) atoms. The van der Waals surface area contributed by atoms with Crippen LogP contribution in [-0.2, 0) is 0 Å². The fourth-order valence-electron chi connectivity index (χ4n) is 1.76. The van der Waals surface area contributed by atoms with E-state index in [0.29, 0.717) is 22.6 Å². The zero-order valence-corrected chi connectivity index (χ0v) is 11.1. The van der Waals surface area contributed by atoms with Crippen molar-refractivity contribution < 1.29 is 5.21 Å². The van der Waals surface area contributed by atoms with Gasteiger partial charge in [-0.1, -0.05) is 12.3 Å². The lowest BCUT2D eigenvalue weighted by Crippen LogP contribution is -2.23. The summed E-state index contributed by atoms with van der Waals surface area (Å²) in [4.78, 5) is 0. The van der Waals surface area contributed by atoms with Gasteiger partial charge in [-0.15, -0.1) is 0 Å². The monoisotopic (exact) mass is 268 g/mol. The third-order valence-electron chi connectivity index (χ3n) is 2.98. The molecule has 1 aromatic rings. The maximum absolute atomic E-state index is 8.80. The third kappa shape index (κ3) is 2.80. The largest absolute Gasteiger partial charge is 0.398 e. The van der Waals surface area contributed by atoms with Crippen LogP contribution in [0.25, 0.3) is 0 Å². The zero-order chi connectivity index (χ0) is 14.7. The predicted octanol–water partition coefficient (Wildman–Crippen LogP) is 2.54. The quantitative estimate of drug-likeness (QED) is 0.191. The molecule has 102 valence electrons. The smallest absolute Gasteiger partial charge is 0.132 e. The second kappa shape index (κ2) is 5.48. The maximum Gasteiger partial charge on any atom is 0.132 e. The van der Waals surface area contributed by atoms with E-state index in [1.54, 1.807) is 24.3 Å². The van der Waals surface area contributed by atoms with Crippen LogP contribution in [0.3, 0.4) is 0 Å². The summed E-state index contributed by atoms with van der Waals surface area (Å²) in [5.74, 6) is 0.166. The van der Waals surface area contributed by atoms with E-state index in [0.717, 1.165) is 11.1 Å². The van der Waals surface area contributed by atoms with E-state index in [4.69, 9.17) is 16.4 Å². The van der Waals surface area contributed by atoms with Crippen LogP contribution >= 0.6 is 0 Å². The molecule has 0 heterocycles. The summed E-state index contributed by atoms with van der Waals surface area (Å²) >= 11 is 0. The van der Waals surface area contributed by atoms with Gasteiger partial charge in [-0.25, -0.2) is 0 Å². The number of nitrogens with two attached hydrogens (primary N) is 1. The second-order valence-corrected chi connectivity index (χ2v) is 4.47. The predicted molar refractivity (Wildman–Crippen MR) is 80.7 cm³/mol. The van der Waals surface area contributed by atoms with Crippen LogP contribution in [0.1, 0.15) is 12.5 Å². The number of benzene rings is 1. The topological polar surface area (TPSA) is 94.2 Å². The SMILES string of the molecule is C=C1C=C=C(NC(=N)c2ccc(NO)cc2N)C=C1C. The molecule has 1 aliphatic rings. The molecule has 1 aliphatic carbocycles. The molecule has 0 unspecified atom stereocenters. The molecule has 0 aromatic heterocycles. The van der Waals surface area contributed by atoms with Crippen LogP contribution in [0.15, 0.2) is 59.5 Å². The highest BCUT2D eigenvalue weighted by molar-refractivity contribution is 6.02. The molecular formula is C15H16N4O. The lowest BCUT2D eigenvalue weighted by molar-refractivity contribution is 0.389. The van der Waals surface area contributed by atoms with Gasteiger partial charge in [0.05, 0.1) is 11.4 Å². The summed E-state index contributed by atoms with van der Waals surface area (Å²) in [5, 5.41) is 19.8. The van der Waals surface area contributed by atoms with Gasteiger partial charge in [0.15, 0.2) is 0 Å². The molecule has 0 aliphatic heterocycles. The Labute approximate surface area is 117 Å². The van der Waals surface area contributed by atoms with E-state index in [2.05, 4.69) is 17.6 Å². The summed E-state index contributed by atoms with van der Waals surface area (Å²) in [5.41, 5.74) is 14.9. The molecule has 0 amide bonds. The number of hydrogen-bond acceptors (Lipinski definition) is 4. The van der Waals surface area contributed by atoms with E-state index >= 15 is 0 Å². The molecule has 5 nitrogen and oxygen atoms in total. The minimum atomic E-state index is 0.166. The second-order valence-electron chi connectivity index (χ2n) is 4.47. The molecule has 1 aromatic carbocycles. The first kappa shape index (κ1) is 13.7. The Kier molecular flexibility index (Phi) is 3.75. The van der Waals surface area contributed by atoms with Crippen molar-refractivity contribution in [3.63, 3.8) is 0 Å². The highest BCUT2D eigenvalue weighted by Gasteiger charge is 2.09. The molecule has 0 spiro atoms. The summed E-state index contributed by atoms with van der Waals surface area (Å²) < 4.78 is 0. The molecule has 0 fully saturated rings. The van der Waals surface area contributed by atoms with Crippen molar-refractivity contribution in [1.29, 1.82) is 5.41 Å². The fourth-order valence-corrected chi connectivity index (χ4v) is 1.76. The maximum atomic E-state index is 8.80. The van der Waals surface area contributed by atoms with Crippen molar-refractivity contribution in [3.8, 4) is 0 Å². The van der Waals surface area contributed by atoms with Gasteiger partial charge in [0.2, 0.25) is 0 Å². The molecule has 0 atom stereocenters. The van der Waals surface area contributed by atoms with Crippen LogP contribution in [-0.4, -0.2) is 11.0 Å². The number of amidine groups is 1. The van der Waals surface area contributed by atoms with Gasteiger partial charge in [-0.2, -0.15) is 0 Å². The third-order valence-corrected chi connectivity index (χ3v) is 2.98. The van der Waals surface area contributed by atoms with Crippen LogP contribution in [0.2, 0.25) is 0 Å². The summed E-state index contributed by atoms with van der Waals surface area (Å²) in [6.45, 7) is 5.81. The number of rotatable bonds is 3. The summed E-state index contributed by atoms with van der Waals surface area (Å²) in [6, 6.07) is 4.85. The van der Waals surface area contributed by atoms with E-state index < -0.39 is 0 Å². The highest BCUT2D eigenvalue weighted by atomic mass is 16.5. The lowest BCUT2D eigenvalue weighted by Gasteiger charge is -2.13. The highest BCUT2D eigenvalue weighted by Crippen LogP contribution is 2.19. The first-order valence-electron chi connectivity index (χ1n) is 6.01. The molecule has 0 bridgehead atoms. The average molecular weight is 268 g/mol. The molecule has 0 saturated heterocycles. The normalized spacial score (nSPS) is 13.6. The Morgan fingerprint density at radius 2 is 2.20 bits per heavy atom. The van der Waals surface area contributed by atoms with Crippen LogP contribution in [0, 0.1) is 5.41 Å². The minimum absolute atomic E-state index is 0.166. The number of nitrogen functional groups attached to an aromatic ring is 1. The van der Waals surface area contributed by atoms with E-state index in [1.807, 2.05) is 18.5 Å². The van der Waals surface area contributed by atoms with Crippen molar-refractivity contribution in [3.05, 3.63) is 65.1 Å². The van der Waals surface area contributed by atoms with Gasteiger partial charge in [-0.3, -0.25) is 16.1 Å². The number of anilines is 2. The van der Waals surface area contributed by atoms with Gasteiger partial charge in [0, 0.05) is 11.3 Å². The molecule has 6 N–H and O–H groups in total. The number of nitrogens with one attached hydrogen (secondary N) is 3. The standard InChI is InChI=1S/C15H16N4O/c1-9-3-4-11(7-10(9)2)18-15(17)13-6-5-12(19-20)8-14(13)16/h3,5-8,19-20H,1,16H2,2H3,(H2,17,18). The Morgan fingerprint density at radius 3 is 2.80 bits per heavy atom. The van der Waals surface area contributed by atoms with Crippen molar-refractivity contribution in [1.82, 2.24) is 5.32 Å². The fraction of sp³-hybridized carbons (Fsp3) is 0.0667. The molecule has 0 saturated carbocycles. The van der Waals surface area contributed by atoms with Crippen molar-refractivity contribution in [2.75, 3.05) is 11.2 Å². The Balaban J connectivity index is 2.22. The van der Waals surface area contributed by atoms with Crippen molar-refractivity contribution in [2.24, 2.45) is 0 Å². The lowest BCUT2D eigenvalue weighted by atomic mass is 10.0. The van der Waals surface area contributed by atoms with Crippen molar-refractivity contribution in [2.45, 2.75) is 6.92 Å². The van der Waals surface area contributed by atoms with Gasteiger partial charge in [0.25, 0.3) is 0 Å². The van der Waals surface area contributed by atoms with Crippen LogP contribution in [0.4, 0.5) is 11.4 Å². The van der Waals surface area contributed by atoms with E-state index in [1.165, 1.54) is 0 Å². The van der Waals surface area contributed by atoms with E-state index in [9.17, 15) is 0 Å². The van der Waals surface area contributed by atoms with Crippen LogP contribution in [0.5, 0.6) is 0 Å². The summed E-state index contributed by atoms with van der Waals surface area (Å²) in [7, 11) is 0. The van der Waals surface area contributed by atoms with Gasteiger partial charge < -0.3 is 11.1 Å². The number of allylic oxidation sites excluding steroid dienone is 3. The van der Waals surface area contributed by atoms with Gasteiger partial charge in [0.1, 0.15) is 5.84 Å². The Morgan fingerprint density at radius 1 is 1.45 bits per heavy atom. The molecule has 5 heteroatoms.